The topological polar surface area (TPSA) is 98.7 Å². The Morgan fingerprint density at radius 2 is 1.97 bits per heavy atom. The van der Waals surface area contributed by atoms with Crippen LogP contribution in [0.3, 0.4) is 0 Å². The molecule has 2 aromatic carbocycles. The first-order valence-corrected chi connectivity index (χ1v) is 9.33. The van der Waals surface area contributed by atoms with Gasteiger partial charge in [-0.2, -0.15) is 5.10 Å². The molecule has 1 N–H and O–H groups in total. The molecule has 2 aromatic heterocycles. The Kier molecular flexibility index (Phi) is 5.23. The lowest BCUT2D eigenvalue weighted by Crippen LogP contribution is -2.44. The van der Waals surface area contributed by atoms with Gasteiger partial charge in [-0.1, -0.05) is 22.9 Å². The van der Waals surface area contributed by atoms with E-state index in [9.17, 15) is 23.1 Å². The van der Waals surface area contributed by atoms with Gasteiger partial charge in [0.15, 0.2) is 0 Å². The number of nitrogens with zero attached hydrogens (tertiary/aromatic N) is 6. The minimum Gasteiger partial charge on any atom is -0.381 e. The van der Waals surface area contributed by atoms with E-state index in [0.29, 0.717) is 6.07 Å². The van der Waals surface area contributed by atoms with Gasteiger partial charge in [-0.25, -0.2) is 27.5 Å². The molecule has 31 heavy (non-hydrogen) atoms. The highest BCUT2D eigenvalue weighted by molar-refractivity contribution is 6.31. The second kappa shape index (κ2) is 7.75. The largest absolute Gasteiger partial charge is 0.381 e. The predicted octanol–water partition coefficient (Wildman–Crippen LogP) is 2.60. The molecular weight excluding hydrogens is 437 g/mol. The molecule has 4 aromatic rings. The van der Waals surface area contributed by atoms with E-state index in [1.54, 1.807) is 0 Å². The Labute approximate surface area is 177 Å². The predicted molar refractivity (Wildman–Crippen MR) is 104 cm³/mol. The molecule has 0 spiro atoms. The standard InChI is InChI=1S/C19H14ClF3N6O2/c1-10(29-18(30)12-5-16(23)14(20)6-17(12)26-27-29)19(31,7-28-9-24-8-25-28)13-3-2-11(21)4-15(13)22/h2-6,8-10,31H,7H2,1H3/t10-,19-/m1/s1. The molecule has 0 saturated heterocycles. The van der Waals surface area contributed by atoms with Gasteiger partial charge in [0.2, 0.25) is 0 Å². The quantitative estimate of drug-likeness (QED) is 0.502. The van der Waals surface area contributed by atoms with Crippen LogP contribution in [-0.2, 0) is 12.1 Å². The van der Waals surface area contributed by atoms with Crippen LogP contribution in [0.4, 0.5) is 13.2 Å². The molecule has 0 saturated carbocycles. The van der Waals surface area contributed by atoms with Crippen molar-refractivity contribution >= 4 is 22.5 Å². The Bertz CT molecular complexity index is 1330. The molecule has 0 unspecified atom stereocenters. The van der Waals surface area contributed by atoms with Crippen LogP contribution in [0.1, 0.15) is 18.5 Å². The van der Waals surface area contributed by atoms with E-state index in [1.807, 2.05) is 0 Å². The molecule has 0 fully saturated rings. The van der Waals surface area contributed by atoms with Gasteiger partial charge < -0.3 is 5.11 Å². The molecule has 12 heteroatoms. The lowest BCUT2D eigenvalue weighted by atomic mass is 9.86. The van der Waals surface area contributed by atoms with Crippen LogP contribution >= 0.6 is 11.6 Å². The van der Waals surface area contributed by atoms with E-state index >= 15 is 0 Å². The van der Waals surface area contributed by atoms with Gasteiger partial charge in [0.05, 0.1) is 23.0 Å². The van der Waals surface area contributed by atoms with Crippen LogP contribution < -0.4 is 5.56 Å². The molecule has 0 bridgehead atoms. The van der Waals surface area contributed by atoms with E-state index in [-0.39, 0.29) is 28.0 Å². The number of aliphatic hydroxyl groups is 1. The lowest BCUT2D eigenvalue weighted by Gasteiger charge is -2.34. The van der Waals surface area contributed by atoms with Crippen LogP contribution in [0.5, 0.6) is 0 Å². The van der Waals surface area contributed by atoms with E-state index in [0.717, 1.165) is 28.9 Å². The maximum atomic E-state index is 14.7. The fourth-order valence-corrected chi connectivity index (χ4v) is 3.51. The van der Waals surface area contributed by atoms with Crippen LogP contribution in [0.15, 0.2) is 47.8 Å². The zero-order valence-electron chi connectivity index (χ0n) is 15.9. The van der Waals surface area contributed by atoms with Crippen molar-refractivity contribution in [2.24, 2.45) is 0 Å². The zero-order chi connectivity index (χ0) is 22.3. The molecule has 0 amide bonds. The molecule has 0 aliphatic carbocycles. The summed E-state index contributed by atoms with van der Waals surface area (Å²) in [5, 5.41) is 22.8. The number of rotatable bonds is 5. The van der Waals surface area contributed by atoms with Gasteiger partial charge in [-0.05, 0) is 25.1 Å². The number of benzene rings is 2. The van der Waals surface area contributed by atoms with Crippen molar-refractivity contribution in [1.29, 1.82) is 0 Å². The average Bonchev–Trinajstić information content (AvgIpc) is 3.22. The van der Waals surface area contributed by atoms with Gasteiger partial charge >= 0.3 is 0 Å². The SMILES string of the molecule is C[C@@H](n1nnc2cc(Cl)c(F)cc2c1=O)[C@](O)(Cn1cncn1)c1ccc(F)cc1F. The summed E-state index contributed by atoms with van der Waals surface area (Å²) >= 11 is 5.73. The van der Waals surface area contributed by atoms with Gasteiger partial charge in [0.25, 0.3) is 5.56 Å². The summed E-state index contributed by atoms with van der Waals surface area (Å²) in [7, 11) is 0. The van der Waals surface area contributed by atoms with E-state index < -0.39 is 34.7 Å². The normalized spacial score (nSPS) is 14.5. The molecule has 160 valence electrons. The van der Waals surface area contributed by atoms with Crippen LogP contribution in [0.2, 0.25) is 5.02 Å². The first kappa shape index (κ1) is 20.9. The fourth-order valence-electron chi connectivity index (χ4n) is 3.35. The molecular formula is C19H14ClF3N6O2. The summed E-state index contributed by atoms with van der Waals surface area (Å²) in [6.07, 6.45) is 2.49. The summed E-state index contributed by atoms with van der Waals surface area (Å²) in [4.78, 5) is 16.8. The van der Waals surface area contributed by atoms with Crippen molar-refractivity contribution in [1.82, 2.24) is 29.8 Å². The third kappa shape index (κ3) is 3.66. The van der Waals surface area contributed by atoms with Crippen molar-refractivity contribution in [2.45, 2.75) is 25.1 Å². The maximum absolute atomic E-state index is 14.7. The van der Waals surface area contributed by atoms with Gasteiger partial charge in [0, 0.05) is 11.6 Å². The Morgan fingerprint density at radius 1 is 1.19 bits per heavy atom. The molecule has 0 aliphatic heterocycles. The Morgan fingerprint density at radius 3 is 2.65 bits per heavy atom. The summed E-state index contributed by atoms with van der Waals surface area (Å²) in [5.74, 6) is -2.71. The summed E-state index contributed by atoms with van der Waals surface area (Å²) < 4.78 is 44.1. The van der Waals surface area contributed by atoms with Crippen molar-refractivity contribution in [3.05, 3.63) is 81.4 Å². The monoisotopic (exact) mass is 450 g/mol. The van der Waals surface area contributed by atoms with Gasteiger partial charge in [-0.15, -0.1) is 5.10 Å². The first-order chi connectivity index (χ1) is 14.7. The number of fused-ring (bicyclic) bond motifs is 1. The number of aromatic nitrogens is 6. The van der Waals surface area contributed by atoms with Crippen molar-refractivity contribution in [3.63, 3.8) is 0 Å². The molecule has 2 atom stereocenters. The number of hydrogen-bond donors (Lipinski definition) is 1. The molecule has 0 aliphatic rings. The lowest BCUT2D eigenvalue weighted by molar-refractivity contribution is -0.0390. The zero-order valence-corrected chi connectivity index (χ0v) is 16.6. The minimum atomic E-state index is -2.14. The summed E-state index contributed by atoms with van der Waals surface area (Å²) in [6.45, 7) is 1.05. The summed E-state index contributed by atoms with van der Waals surface area (Å²) in [5.41, 5.74) is -3.17. The van der Waals surface area contributed by atoms with E-state index in [4.69, 9.17) is 11.6 Å². The van der Waals surface area contributed by atoms with Crippen molar-refractivity contribution in [2.75, 3.05) is 0 Å². The minimum absolute atomic E-state index is 0.0487. The Hall–Kier alpha value is -3.31. The van der Waals surface area contributed by atoms with Crippen LogP contribution in [0, 0.1) is 17.5 Å². The van der Waals surface area contributed by atoms with Crippen LogP contribution in [0.25, 0.3) is 10.9 Å². The highest BCUT2D eigenvalue weighted by Crippen LogP contribution is 2.36. The second-order valence-electron chi connectivity index (χ2n) is 6.94. The number of halogens is 4. The van der Waals surface area contributed by atoms with Crippen molar-refractivity contribution < 1.29 is 18.3 Å². The van der Waals surface area contributed by atoms with Gasteiger partial charge in [-0.3, -0.25) is 4.79 Å². The molecule has 0 radical (unpaired) electrons. The van der Waals surface area contributed by atoms with Crippen LogP contribution in [-0.4, -0.2) is 34.9 Å². The highest BCUT2D eigenvalue weighted by Gasteiger charge is 2.41. The molecule has 2 heterocycles. The third-order valence-electron chi connectivity index (χ3n) is 5.05. The maximum Gasteiger partial charge on any atom is 0.278 e. The Balaban J connectivity index is 1.90. The average molecular weight is 451 g/mol. The van der Waals surface area contributed by atoms with Gasteiger partial charge in [0.1, 0.15) is 41.2 Å². The summed E-state index contributed by atoms with van der Waals surface area (Å²) in [6, 6.07) is 3.48. The second-order valence-corrected chi connectivity index (χ2v) is 7.35. The number of hydrogen-bond acceptors (Lipinski definition) is 6. The highest BCUT2D eigenvalue weighted by atomic mass is 35.5. The molecule has 8 nitrogen and oxygen atoms in total. The van der Waals surface area contributed by atoms with E-state index in [1.165, 1.54) is 24.3 Å². The third-order valence-corrected chi connectivity index (χ3v) is 5.34. The molecule has 4 rings (SSSR count). The fraction of sp³-hybridized carbons (Fsp3) is 0.211. The van der Waals surface area contributed by atoms with Crippen molar-refractivity contribution in [3.8, 4) is 0 Å². The smallest absolute Gasteiger partial charge is 0.278 e. The van der Waals surface area contributed by atoms with E-state index in [2.05, 4.69) is 20.4 Å². The first-order valence-electron chi connectivity index (χ1n) is 8.95.